The molecule has 0 spiro atoms. The Balaban J connectivity index is 2.37. The minimum Gasteiger partial charge on any atom is -0.493 e. The monoisotopic (exact) mass is 516 g/mol. The van der Waals surface area contributed by atoms with Crippen molar-refractivity contribution in [3.05, 3.63) is 61.7 Å². The molecule has 8 heteroatoms. The molecule has 0 aliphatic heterocycles. The van der Waals surface area contributed by atoms with E-state index in [2.05, 4.69) is 32.1 Å². The highest BCUT2D eigenvalue weighted by molar-refractivity contribution is 14.1. The number of halogens is 2. The van der Waals surface area contributed by atoms with Gasteiger partial charge in [-0.2, -0.15) is 0 Å². The molecule has 0 aromatic heterocycles. The molecule has 2 rings (SSSR count). The zero-order chi connectivity index (χ0) is 20.7. The van der Waals surface area contributed by atoms with Crippen molar-refractivity contribution in [1.29, 1.82) is 0 Å². The van der Waals surface area contributed by atoms with E-state index in [0.29, 0.717) is 22.1 Å². The van der Waals surface area contributed by atoms with Crippen molar-refractivity contribution in [2.45, 2.75) is 6.61 Å². The smallest absolute Gasteiger partial charge is 0.345 e. The summed E-state index contributed by atoms with van der Waals surface area (Å²) >= 11 is 8.25. The summed E-state index contributed by atoms with van der Waals surface area (Å²) in [6, 6.07) is 10.8. The number of carbonyl (C=O) groups excluding carboxylic acids is 2. The fourth-order valence-electron chi connectivity index (χ4n) is 2.32. The van der Waals surface area contributed by atoms with E-state index in [0.717, 1.165) is 9.13 Å². The summed E-state index contributed by atoms with van der Waals surface area (Å²) in [5, 5.41) is 0.608. The van der Waals surface area contributed by atoms with Gasteiger partial charge in [0.2, 0.25) is 0 Å². The summed E-state index contributed by atoms with van der Waals surface area (Å²) in [6.45, 7) is 0.261. The molecule has 0 aliphatic rings. The van der Waals surface area contributed by atoms with Crippen LogP contribution in [0.3, 0.4) is 0 Å². The van der Waals surface area contributed by atoms with Crippen LogP contribution in [0.5, 0.6) is 11.5 Å². The van der Waals surface area contributed by atoms with Gasteiger partial charge in [-0.25, -0.2) is 9.59 Å². The molecular weight excluding hydrogens is 499 g/mol. The molecule has 0 N–H and O–H groups in total. The summed E-state index contributed by atoms with van der Waals surface area (Å²) in [4.78, 5) is 23.7. The van der Waals surface area contributed by atoms with Crippen molar-refractivity contribution in [2.75, 3.05) is 21.3 Å². The molecule has 2 aromatic rings. The second-order valence-electron chi connectivity index (χ2n) is 5.46. The van der Waals surface area contributed by atoms with Crippen molar-refractivity contribution in [3.8, 4) is 11.5 Å². The molecular formula is C20H18ClIO6. The van der Waals surface area contributed by atoms with Crippen molar-refractivity contribution >= 4 is 52.2 Å². The van der Waals surface area contributed by atoms with Crippen molar-refractivity contribution in [1.82, 2.24) is 0 Å². The van der Waals surface area contributed by atoms with Crippen LogP contribution in [-0.2, 0) is 25.7 Å². The highest BCUT2D eigenvalue weighted by Gasteiger charge is 2.21. The van der Waals surface area contributed by atoms with E-state index in [9.17, 15) is 9.59 Å². The second kappa shape index (κ2) is 10.3. The van der Waals surface area contributed by atoms with Gasteiger partial charge in [-0.05, 0) is 52.4 Å². The van der Waals surface area contributed by atoms with Crippen molar-refractivity contribution in [3.63, 3.8) is 0 Å². The first-order valence-electron chi connectivity index (χ1n) is 8.03. The van der Waals surface area contributed by atoms with Gasteiger partial charge in [0.1, 0.15) is 12.2 Å². The number of benzene rings is 2. The van der Waals surface area contributed by atoms with Gasteiger partial charge in [0, 0.05) is 10.6 Å². The maximum absolute atomic E-state index is 11.9. The molecule has 2 aromatic carbocycles. The van der Waals surface area contributed by atoms with Gasteiger partial charge in [0.05, 0.1) is 24.9 Å². The highest BCUT2D eigenvalue weighted by Crippen LogP contribution is 2.35. The SMILES string of the molecule is COC(=O)C(=Cc1cc(I)c(OCc2ccccc2Cl)c(OC)c1)C(=O)OC. The first kappa shape index (κ1) is 22.0. The lowest BCUT2D eigenvalue weighted by atomic mass is 10.1. The van der Waals surface area contributed by atoms with Crippen LogP contribution in [0.25, 0.3) is 6.08 Å². The Morgan fingerprint density at radius 1 is 1.07 bits per heavy atom. The van der Waals surface area contributed by atoms with Gasteiger partial charge in [0.25, 0.3) is 0 Å². The van der Waals surface area contributed by atoms with Gasteiger partial charge in [0.15, 0.2) is 11.5 Å². The van der Waals surface area contributed by atoms with E-state index < -0.39 is 11.9 Å². The van der Waals surface area contributed by atoms with E-state index in [1.165, 1.54) is 27.4 Å². The standard InChI is InChI=1S/C20H18ClIO6/c1-25-17-10-12(8-14(19(23)26-2)20(24)27-3)9-16(22)18(17)28-11-13-6-4-5-7-15(13)21/h4-10H,11H2,1-3H3. The lowest BCUT2D eigenvalue weighted by Gasteiger charge is -2.14. The summed E-state index contributed by atoms with van der Waals surface area (Å²) in [6.07, 6.45) is 1.38. The van der Waals surface area contributed by atoms with E-state index in [1.807, 2.05) is 18.2 Å². The van der Waals surface area contributed by atoms with Crippen LogP contribution in [0.4, 0.5) is 0 Å². The Morgan fingerprint density at radius 2 is 1.71 bits per heavy atom. The zero-order valence-corrected chi connectivity index (χ0v) is 18.4. The largest absolute Gasteiger partial charge is 0.493 e. The predicted molar refractivity (Wildman–Crippen MR) is 114 cm³/mol. The Bertz CT molecular complexity index is 892. The molecule has 0 fully saturated rings. The maximum Gasteiger partial charge on any atom is 0.345 e. The molecule has 28 heavy (non-hydrogen) atoms. The molecule has 0 unspecified atom stereocenters. The van der Waals surface area contributed by atoms with E-state index in [-0.39, 0.29) is 12.2 Å². The van der Waals surface area contributed by atoms with Gasteiger partial charge in [-0.1, -0.05) is 29.8 Å². The third-order valence-electron chi connectivity index (χ3n) is 3.70. The van der Waals surface area contributed by atoms with E-state index >= 15 is 0 Å². The molecule has 6 nitrogen and oxygen atoms in total. The normalized spacial score (nSPS) is 10.0. The van der Waals surface area contributed by atoms with E-state index in [1.54, 1.807) is 18.2 Å². The van der Waals surface area contributed by atoms with Crippen LogP contribution in [0.2, 0.25) is 5.02 Å². The Morgan fingerprint density at radius 3 is 2.29 bits per heavy atom. The van der Waals surface area contributed by atoms with Crippen LogP contribution in [-0.4, -0.2) is 33.3 Å². The second-order valence-corrected chi connectivity index (χ2v) is 7.02. The number of hydrogen-bond acceptors (Lipinski definition) is 6. The predicted octanol–water partition coefficient (Wildman–Crippen LogP) is 4.26. The van der Waals surface area contributed by atoms with E-state index in [4.69, 9.17) is 21.1 Å². The number of ether oxygens (including phenoxy) is 4. The average molecular weight is 517 g/mol. The zero-order valence-electron chi connectivity index (χ0n) is 15.5. The third kappa shape index (κ3) is 5.39. The van der Waals surface area contributed by atoms with Gasteiger partial charge in [-0.15, -0.1) is 0 Å². The maximum atomic E-state index is 11.9. The van der Waals surface area contributed by atoms with Gasteiger partial charge in [-0.3, -0.25) is 0 Å². The fourth-order valence-corrected chi connectivity index (χ4v) is 3.29. The number of esters is 2. The van der Waals surface area contributed by atoms with Crippen molar-refractivity contribution < 1.29 is 28.5 Å². The first-order chi connectivity index (χ1) is 13.4. The average Bonchev–Trinajstić information content (AvgIpc) is 2.70. The molecule has 0 heterocycles. The summed E-state index contributed by atoms with van der Waals surface area (Å²) in [7, 11) is 3.88. The van der Waals surface area contributed by atoms with Crippen LogP contribution in [0, 0.1) is 3.57 Å². The fraction of sp³-hybridized carbons (Fsp3) is 0.200. The molecule has 0 atom stereocenters. The van der Waals surface area contributed by atoms with Crippen LogP contribution < -0.4 is 9.47 Å². The number of carbonyl (C=O) groups is 2. The third-order valence-corrected chi connectivity index (χ3v) is 4.87. The quantitative estimate of drug-likeness (QED) is 0.180. The lowest BCUT2D eigenvalue weighted by molar-refractivity contribution is -0.143. The first-order valence-corrected chi connectivity index (χ1v) is 9.49. The van der Waals surface area contributed by atoms with Gasteiger partial charge < -0.3 is 18.9 Å². The Labute approximate surface area is 181 Å². The van der Waals surface area contributed by atoms with Crippen LogP contribution in [0.1, 0.15) is 11.1 Å². The van der Waals surface area contributed by atoms with Crippen LogP contribution >= 0.6 is 34.2 Å². The minimum atomic E-state index is -0.792. The number of rotatable bonds is 7. The molecule has 0 aliphatic carbocycles. The summed E-state index contributed by atoms with van der Waals surface area (Å²) in [5.74, 6) is -0.614. The molecule has 0 radical (unpaired) electrons. The minimum absolute atomic E-state index is 0.229. The van der Waals surface area contributed by atoms with Crippen LogP contribution in [0.15, 0.2) is 42.0 Å². The molecule has 148 valence electrons. The number of methoxy groups -OCH3 is 3. The molecule has 0 saturated heterocycles. The Kier molecular flexibility index (Phi) is 8.13. The summed E-state index contributed by atoms with van der Waals surface area (Å²) in [5.41, 5.74) is 1.16. The molecule has 0 saturated carbocycles. The van der Waals surface area contributed by atoms with Crippen molar-refractivity contribution in [2.24, 2.45) is 0 Å². The topological polar surface area (TPSA) is 71.1 Å². The number of hydrogen-bond donors (Lipinski definition) is 0. The molecule has 0 amide bonds. The van der Waals surface area contributed by atoms with Gasteiger partial charge >= 0.3 is 11.9 Å². The molecule has 0 bridgehead atoms. The lowest BCUT2D eigenvalue weighted by Crippen LogP contribution is -2.15. The highest BCUT2D eigenvalue weighted by atomic mass is 127. The summed E-state index contributed by atoms with van der Waals surface area (Å²) < 4.78 is 21.3. The Hall–Kier alpha value is -2.26.